The van der Waals surface area contributed by atoms with Crippen LogP contribution >= 0.6 is 11.5 Å². The van der Waals surface area contributed by atoms with Crippen molar-refractivity contribution in [3.63, 3.8) is 0 Å². The zero-order chi connectivity index (χ0) is 20.5. The van der Waals surface area contributed by atoms with Crippen LogP contribution in [0.4, 0.5) is 16.8 Å². The molecule has 1 aliphatic rings. The molecule has 0 radical (unpaired) electrons. The molecule has 0 aliphatic heterocycles. The lowest BCUT2D eigenvalue weighted by atomic mass is 9.87. The minimum absolute atomic E-state index is 0.442. The smallest absolute Gasteiger partial charge is 0.230 e. The maximum Gasteiger partial charge on any atom is 0.230 e. The molecule has 0 spiro atoms. The van der Waals surface area contributed by atoms with E-state index in [1.165, 1.54) is 37.2 Å². The van der Waals surface area contributed by atoms with Crippen LogP contribution in [0.3, 0.4) is 0 Å². The average Bonchev–Trinajstić information content (AvgIpc) is 3.36. The minimum atomic E-state index is 0.442. The molecular weight excluding hydrogens is 392 g/mol. The SMILES string of the molecule is Cc1cc(Nc2nc(NC3CCC(C)CC3)c3c(ccn3-c3ccccc3)n2)sn1. The van der Waals surface area contributed by atoms with Gasteiger partial charge in [0.15, 0.2) is 5.82 Å². The Labute approximate surface area is 180 Å². The van der Waals surface area contributed by atoms with Gasteiger partial charge in [-0.15, -0.1) is 0 Å². The maximum absolute atomic E-state index is 4.90. The number of anilines is 3. The van der Waals surface area contributed by atoms with Crippen LogP contribution in [0.25, 0.3) is 16.7 Å². The largest absolute Gasteiger partial charge is 0.365 e. The van der Waals surface area contributed by atoms with Crippen molar-refractivity contribution in [1.29, 1.82) is 0 Å². The van der Waals surface area contributed by atoms with Crippen molar-refractivity contribution in [3.05, 3.63) is 54.4 Å². The Morgan fingerprint density at radius 3 is 2.57 bits per heavy atom. The van der Waals surface area contributed by atoms with Gasteiger partial charge in [-0.1, -0.05) is 25.1 Å². The summed E-state index contributed by atoms with van der Waals surface area (Å²) in [5, 5.41) is 8.03. The molecule has 154 valence electrons. The van der Waals surface area contributed by atoms with Crippen LogP contribution in [-0.4, -0.2) is 25.0 Å². The second kappa shape index (κ2) is 8.07. The zero-order valence-corrected chi connectivity index (χ0v) is 18.1. The number of nitrogens with one attached hydrogen (secondary N) is 2. The number of rotatable bonds is 5. The Morgan fingerprint density at radius 1 is 1.03 bits per heavy atom. The molecule has 30 heavy (non-hydrogen) atoms. The van der Waals surface area contributed by atoms with Crippen LogP contribution in [0.5, 0.6) is 0 Å². The highest BCUT2D eigenvalue weighted by Crippen LogP contribution is 2.31. The lowest BCUT2D eigenvalue weighted by molar-refractivity contribution is 0.361. The number of para-hydroxylation sites is 1. The second-order valence-corrected chi connectivity index (χ2v) is 9.01. The third kappa shape index (κ3) is 3.89. The lowest BCUT2D eigenvalue weighted by Gasteiger charge is -2.27. The van der Waals surface area contributed by atoms with Gasteiger partial charge in [-0.25, -0.2) is 4.98 Å². The van der Waals surface area contributed by atoms with Gasteiger partial charge >= 0.3 is 0 Å². The van der Waals surface area contributed by atoms with Crippen LogP contribution in [0, 0.1) is 12.8 Å². The van der Waals surface area contributed by atoms with E-state index in [0.717, 1.165) is 39.2 Å². The van der Waals surface area contributed by atoms with E-state index in [9.17, 15) is 0 Å². The van der Waals surface area contributed by atoms with Gasteiger partial charge in [0, 0.05) is 17.9 Å². The fraction of sp³-hybridized carbons (Fsp3) is 0.348. The summed E-state index contributed by atoms with van der Waals surface area (Å²) in [6.07, 6.45) is 6.95. The van der Waals surface area contributed by atoms with Crippen LogP contribution in [0.1, 0.15) is 38.3 Å². The maximum atomic E-state index is 4.90. The first-order valence-electron chi connectivity index (χ1n) is 10.6. The summed E-state index contributed by atoms with van der Waals surface area (Å²) in [6, 6.07) is 14.9. The third-order valence-corrected chi connectivity index (χ3v) is 6.58. The average molecular weight is 419 g/mol. The Bertz CT molecular complexity index is 1140. The first kappa shape index (κ1) is 19.1. The van der Waals surface area contributed by atoms with E-state index in [2.05, 4.69) is 63.0 Å². The molecule has 1 aromatic carbocycles. The molecular formula is C23H26N6S. The van der Waals surface area contributed by atoms with Gasteiger partial charge in [0.2, 0.25) is 5.95 Å². The van der Waals surface area contributed by atoms with E-state index in [0.29, 0.717) is 12.0 Å². The Kier molecular flexibility index (Phi) is 5.12. The first-order chi connectivity index (χ1) is 14.7. The van der Waals surface area contributed by atoms with Gasteiger partial charge in [-0.2, -0.15) is 9.36 Å². The quantitative estimate of drug-likeness (QED) is 0.421. The van der Waals surface area contributed by atoms with E-state index in [1.807, 2.05) is 19.1 Å². The molecule has 0 bridgehead atoms. The molecule has 3 heterocycles. The molecule has 0 unspecified atom stereocenters. The number of hydrogen-bond donors (Lipinski definition) is 2. The van der Waals surface area contributed by atoms with Crippen LogP contribution in [0.15, 0.2) is 48.7 Å². The number of aryl methyl sites for hydroxylation is 1. The van der Waals surface area contributed by atoms with Crippen molar-refractivity contribution >= 4 is 39.3 Å². The summed E-state index contributed by atoms with van der Waals surface area (Å²) in [6.45, 7) is 4.33. The fourth-order valence-corrected chi connectivity index (χ4v) is 4.79. The van der Waals surface area contributed by atoms with Crippen molar-refractivity contribution in [2.24, 2.45) is 5.92 Å². The third-order valence-electron chi connectivity index (χ3n) is 5.79. The van der Waals surface area contributed by atoms with Gasteiger partial charge < -0.3 is 15.2 Å². The second-order valence-electron chi connectivity index (χ2n) is 8.21. The lowest BCUT2D eigenvalue weighted by Crippen LogP contribution is -2.26. The summed E-state index contributed by atoms with van der Waals surface area (Å²) in [4.78, 5) is 9.69. The minimum Gasteiger partial charge on any atom is -0.365 e. The Morgan fingerprint density at radius 2 is 1.83 bits per heavy atom. The zero-order valence-electron chi connectivity index (χ0n) is 17.3. The number of benzene rings is 1. The predicted octanol–water partition coefficient (Wildman–Crippen LogP) is 5.92. The molecule has 6 nitrogen and oxygen atoms in total. The van der Waals surface area contributed by atoms with Crippen molar-refractivity contribution in [3.8, 4) is 5.69 Å². The van der Waals surface area contributed by atoms with Gasteiger partial charge in [0.25, 0.3) is 0 Å². The molecule has 4 aromatic rings. The van der Waals surface area contributed by atoms with E-state index in [4.69, 9.17) is 9.97 Å². The van der Waals surface area contributed by atoms with Gasteiger partial charge in [-0.05, 0) is 74.3 Å². The monoisotopic (exact) mass is 418 g/mol. The van der Waals surface area contributed by atoms with Crippen molar-refractivity contribution in [1.82, 2.24) is 18.9 Å². The number of fused-ring (bicyclic) bond motifs is 1. The Hall–Kier alpha value is -2.93. The van der Waals surface area contributed by atoms with Gasteiger partial charge in [-0.3, -0.25) is 0 Å². The predicted molar refractivity (Wildman–Crippen MR) is 124 cm³/mol. The molecule has 0 saturated heterocycles. The number of aromatic nitrogens is 4. The van der Waals surface area contributed by atoms with E-state index < -0.39 is 0 Å². The first-order valence-corrected chi connectivity index (χ1v) is 11.3. The summed E-state index contributed by atoms with van der Waals surface area (Å²) >= 11 is 1.43. The molecule has 7 heteroatoms. The Balaban J connectivity index is 1.55. The summed E-state index contributed by atoms with van der Waals surface area (Å²) in [7, 11) is 0. The summed E-state index contributed by atoms with van der Waals surface area (Å²) in [5.74, 6) is 2.30. The molecule has 0 amide bonds. The van der Waals surface area contributed by atoms with E-state index >= 15 is 0 Å². The molecule has 2 N–H and O–H groups in total. The summed E-state index contributed by atoms with van der Waals surface area (Å²) in [5.41, 5.74) is 4.04. The molecule has 0 atom stereocenters. The highest BCUT2D eigenvalue weighted by molar-refractivity contribution is 7.10. The molecule has 1 aliphatic carbocycles. The van der Waals surface area contributed by atoms with Crippen LogP contribution in [-0.2, 0) is 0 Å². The van der Waals surface area contributed by atoms with Crippen molar-refractivity contribution in [2.45, 2.75) is 45.6 Å². The van der Waals surface area contributed by atoms with E-state index in [1.54, 1.807) is 0 Å². The molecule has 5 rings (SSSR count). The normalized spacial score (nSPS) is 19.1. The molecule has 1 saturated carbocycles. The van der Waals surface area contributed by atoms with Crippen LogP contribution < -0.4 is 10.6 Å². The standard InChI is InChI=1S/C23H26N6S/c1-15-8-10-17(11-9-15)24-22-21-19(12-13-29(21)18-6-4-3-5-7-18)25-23(27-22)26-20-14-16(2)28-30-20/h3-7,12-15,17H,8-11H2,1-2H3,(H2,24,25,26,27). The number of nitrogens with zero attached hydrogens (tertiary/aromatic N) is 4. The molecule has 3 aromatic heterocycles. The number of hydrogen-bond acceptors (Lipinski definition) is 6. The topological polar surface area (TPSA) is 67.7 Å². The van der Waals surface area contributed by atoms with Crippen molar-refractivity contribution in [2.75, 3.05) is 10.6 Å². The van der Waals surface area contributed by atoms with Crippen LogP contribution in [0.2, 0.25) is 0 Å². The van der Waals surface area contributed by atoms with E-state index in [-0.39, 0.29) is 0 Å². The molecule has 1 fully saturated rings. The van der Waals surface area contributed by atoms with Gasteiger partial charge in [0.1, 0.15) is 10.5 Å². The summed E-state index contributed by atoms with van der Waals surface area (Å²) < 4.78 is 6.52. The van der Waals surface area contributed by atoms with Gasteiger partial charge in [0.05, 0.1) is 11.2 Å². The highest BCUT2D eigenvalue weighted by atomic mass is 32.1. The fourth-order valence-electron chi connectivity index (χ4n) is 4.14. The highest BCUT2D eigenvalue weighted by Gasteiger charge is 2.21. The van der Waals surface area contributed by atoms with Crippen molar-refractivity contribution < 1.29 is 0 Å².